The Balaban J connectivity index is 2.39. The van der Waals surface area contributed by atoms with Crippen LogP contribution in [0.2, 0.25) is 0 Å². The number of hydrogen-bond acceptors (Lipinski definition) is 3. The Labute approximate surface area is 123 Å². The molecular formula is C15H8ClFN2O2. The fourth-order valence-electron chi connectivity index (χ4n) is 2.09. The average Bonchev–Trinajstić information content (AvgIpc) is 2.49. The van der Waals surface area contributed by atoms with Crippen molar-refractivity contribution < 1.29 is 9.18 Å². The third-order valence-corrected chi connectivity index (χ3v) is 3.24. The number of fused-ring (bicyclic) bond motifs is 1. The van der Waals surface area contributed by atoms with Crippen LogP contribution >= 0.6 is 11.6 Å². The molecular weight excluding hydrogens is 295 g/mol. The second-order valence-electron chi connectivity index (χ2n) is 4.36. The Morgan fingerprint density at radius 2 is 1.67 bits per heavy atom. The van der Waals surface area contributed by atoms with Crippen molar-refractivity contribution in [1.29, 1.82) is 0 Å². The topological polar surface area (TPSA) is 52.0 Å². The van der Waals surface area contributed by atoms with Crippen molar-refractivity contribution in [3.63, 3.8) is 0 Å². The monoisotopic (exact) mass is 302 g/mol. The van der Waals surface area contributed by atoms with Crippen LogP contribution in [-0.2, 0) is 0 Å². The van der Waals surface area contributed by atoms with Gasteiger partial charge in [-0.1, -0.05) is 18.2 Å². The van der Waals surface area contributed by atoms with Crippen LogP contribution in [0.3, 0.4) is 0 Å². The number of benzene rings is 2. The zero-order valence-electron chi connectivity index (χ0n) is 10.6. The molecule has 6 heteroatoms. The molecule has 4 nitrogen and oxygen atoms in total. The summed E-state index contributed by atoms with van der Waals surface area (Å²) in [6.45, 7) is 0. The predicted octanol–water partition coefficient (Wildman–Crippen LogP) is 2.90. The Morgan fingerprint density at radius 3 is 2.29 bits per heavy atom. The van der Waals surface area contributed by atoms with Crippen molar-refractivity contribution in [2.45, 2.75) is 0 Å². The van der Waals surface area contributed by atoms with Crippen molar-refractivity contribution >= 4 is 27.6 Å². The molecule has 0 saturated heterocycles. The van der Waals surface area contributed by atoms with Crippen LogP contribution in [0, 0.1) is 5.82 Å². The van der Waals surface area contributed by atoms with Crippen molar-refractivity contribution in [2.24, 2.45) is 0 Å². The molecule has 21 heavy (non-hydrogen) atoms. The van der Waals surface area contributed by atoms with Crippen molar-refractivity contribution in [1.82, 2.24) is 9.78 Å². The van der Waals surface area contributed by atoms with Crippen LogP contribution < -0.4 is 5.56 Å². The molecule has 0 aliphatic carbocycles. The molecule has 0 aliphatic heterocycles. The zero-order valence-corrected chi connectivity index (χ0v) is 11.3. The first-order valence-corrected chi connectivity index (χ1v) is 6.43. The summed E-state index contributed by atoms with van der Waals surface area (Å²) >= 11 is 5.54. The highest BCUT2D eigenvalue weighted by atomic mass is 35.5. The summed E-state index contributed by atoms with van der Waals surface area (Å²) in [5.74, 6) is -0.429. The van der Waals surface area contributed by atoms with E-state index < -0.39 is 16.6 Å². The van der Waals surface area contributed by atoms with Gasteiger partial charge in [0.05, 0.1) is 11.1 Å². The lowest BCUT2D eigenvalue weighted by Gasteiger charge is -2.08. The van der Waals surface area contributed by atoms with Gasteiger partial charge >= 0.3 is 0 Å². The van der Waals surface area contributed by atoms with E-state index in [1.807, 2.05) is 0 Å². The molecule has 1 aromatic heterocycles. The summed E-state index contributed by atoms with van der Waals surface area (Å²) in [7, 11) is 0. The van der Waals surface area contributed by atoms with Crippen LogP contribution in [0.1, 0.15) is 10.5 Å². The quantitative estimate of drug-likeness (QED) is 0.684. The van der Waals surface area contributed by atoms with E-state index >= 15 is 0 Å². The molecule has 0 bridgehead atoms. The smallest absolute Gasteiger partial charge is 0.274 e. The molecule has 104 valence electrons. The van der Waals surface area contributed by atoms with E-state index in [0.717, 1.165) is 4.68 Å². The molecule has 3 aromatic rings. The molecule has 0 radical (unpaired) electrons. The van der Waals surface area contributed by atoms with Gasteiger partial charge in [0.15, 0.2) is 5.69 Å². The first kappa shape index (κ1) is 13.5. The maximum Gasteiger partial charge on any atom is 0.279 e. The van der Waals surface area contributed by atoms with Crippen LogP contribution in [0.4, 0.5) is 4.39 Å². The second kappa shape index (κ2) is 5.10. The summed E-state index contributed by atoms with van der Waals surface area (Å²) in [4.78, 5) is 24.0. The van der Waals surface area contributed by atoms with Gasteiger partial charge in [-0.2, -0.15) is 9.78 Å². The normalized spacial score (nSPS) is 10.8. The maximum atomic E-state index is 13.0. The van der Waals surface area contributed by atoms with Gasteiger partial charge in [0.25, 0.3) is 10.8 Å². The third kappa shape index (κ3) is 2.32. The van der Waals surface area contributed by atoms with Gasteiger partial charge in [-0.25, -0.2) is 4.39 Å². The minimum absolute atomic E-state index is 0.0174. The number of rotatable bonds is 2. The Kier molecular flexibility index (Phi) is 3.27. The Bertz CT molecular complexity index is 904. The van der Waals surface area contributed by atoms with Gasteiger partial charge < -0.3 is 0 Å². The highest BCUT2D eigenvalue weighted by Crippen LogP contribution is 2.16. The molecule has 0 unspecified atom stereocenters. The van der Waals surface area contributed by atoms with E-state index in [-0.39, 0.29) is 5.69 Å². The molecule has 0 N–H and O–H groups in total. The third-order valence-electron chi connectivity index (χ3n) is 3.06. The van der Waals surface area contributed by atoms with E-state index in [0.29, 0.717) is 16.5 Å². The van der Waals surface area contributed by atoms with Gasteiger partial charge in [0.1, 0.15) is 5.82 Å². The summed E-state index contributed by atoms with van der Waals surface area (Å²) in [5.41, 5.74) is -0.0682. The van der Waals surface area contributed by atoms with E-state index in [2.05, 4.69) is 5.10 Å². The number of halogens is 2. The highest BCUT2D eigenvalue weighted by molar-refractivity contribution is 6.68. The summed E-state index contributed by atoms with van der Waals surface area (Å²) < 4.78 is 14.0. The molecule has 0 saturated carbocycles. The minimum Gasteiger partial charge on any atom is -0.274 e. The van der Waals surface area contributed by atoms with Crippen molar-refractivity contribution in [3.05, 3.63) is 70.4 Å². The number of carbonyl (C=O) groups is 1. The minimum atomic E-state index is -0.762. The first-order valence-electron chi connectivity index (χ1n) is 6.06. The molecule has 3 rings (SSSR count). The maximum absolute atomic E-state index is 13.0. The lowest BCUT2D eigenvalue weighted by atomic mass is 10.1. The summed E-state index contributed by atoms with van der Waals surface area (Å²) in [6.07, 6.45) is 0. The van der Waals surface area contributed by atoms with Gasteiger partial charge in [-0.15, -0.1) is 0 Å². The van der Waals surface area contributed by atoms with E-state index in [1.165, 1.54) is 24.3 Å². The van der Waals surface area contributed by atoms with Crippen LogP contribution in [0.5, 0.6) is 0 Å². The number of carbonyl (C=O) groups excluding carboxylic acids is 1. The largest absolute Gasteiger partial charge is 0.279 e. The number of hydrogen-bond donors (Lipinski definition) is 0. The molecule has 1 heterocycles. The van der Waals surface area contributed by atoms with Crippen LogP contribution in [-0.4, -0.2) is 15.0 Å². The molecule has 0 fully saturated rings. The summed E-state index contributed by atoms with van der Waals surface area (Å²) in [6, 6.07) is 11.8. The van der Waals surface area contributed by atoms with E-state index in [1.54, 1.807) is 24.3 Å². The lowest BCUT2D eigenvalue weighted by Crippen LogP contribution is -2.23. The SMILES string of the molecule is O=C(Cl)c1nn(-c2ccc(F)cc2)c(=O)c2ccccc12. The van der Waals surface area contributed by atoms with Crippen LogP contribution in [0.15, 0.2) is 53.3 Å². The average molecular weight is 303 g/mol. The highest BCUT2D eigenvalue weighted by Gasteiger charge is 2.15. The molecule has 0 atom stereocenters. The molecule has 0 spiro atoms. The Morgan fingerprint density at radius 1 is 1.05 bits per heavy atom. The lowest BCUT2D eigenvalue weighted by molar-refractivity contribution is 0.107. The van der Waals surface area contributed by atoms with Gasteiger partial charge in [0, 0.05) is 5.39 Å². The molecule has 0 aliphatic rings. The number of aromatic nitrogens is 2. The Hall–Kier alpha value is -2.53. The second-order valence-corrected chi connectivity index (χ2v) is 4.70. The van der Waals surface area contributed by atoms with Crippen LogP contribution in [0.25, 0.3) is 16.5 Å². The van der Waals surface area contributed by atoms with Crippen molar-refractivity contribution in [2.75, 3.05) is 0 Å². The van der Waals surface area contributed by atoms with Gasteiger partial charge in [-0.05, 0) is 41.9 Å². The molecule has 2 aromatic carbocycles. The van der Waals surface area contributed by atoms with Gasteiger partial charge in [0.2, 0.25) is 0 Å². The fraction of sp³-hybridized carbons (Fsp3) is 0. The first-order chi connectivity index (χ1) is 10.1. The van der Waals surface area contributed by atoms with Crippen molar-refractivity contribution in [3.8, 4) is 5.69 Å². The van der Waals surface area contributed by atoms with E-state index in [9.17, 15) is 14.0 Å². The standard InChI is InChI=1S/C15H8ClFN2O2/c16-14(20)13-11-3-1-2-4-12(11)15(21)19(18-13)10-7-5-9(17)6-8-10/h1-8H. The molecule has 0 amide bonds. The van der Waals surface area contributed by atoms with E-state index in [4.69, 9.17) is 11.6 Å². The summed E-state index contributed by atoms with van der Waals surface area (Å²) in [5, 5.41) is 3.95. The van der Waals surface area contributed by atoms with Gasteiger partial charge in [-0.3, -0.25) is 9.59 Å². The zero-order chi connectivity index (χ0) is 15.0. The predicted molar refractivity (Wildman–Crippen MR) is 77.5 cm³/mol. The number of nitrogens with zero attached hydrogens (tertiary/aromatic N) is 2. The fourth-order valence-corrected chi connectivity index (χ4v) is 2.23.